The van der Waals surface area contributed by atoms with Gasteiger partial charge in [0.25, 0.3) is 0 Å². The van der Waals surface area contributed by atoms with Gasteiger partial charge in [0, 0.05) is 28.8 Å². The van der Waals surface area contributed by atoms with Gasteiger partial charge in [0.15, 0.2) is 11.5 Å². The highest BCUT2D eigenvalue weighted by molar-refractivity contribution is 6.16. The fourth-order valence-corrected chi connectivity index (χ4v) is 4.49. The van der Waals surface area contributed by atoms with Gasteiger partial charge in [-0.05, 0) is 64.8 Å². The van der Waals surface area contributed by atoms with Gasteiger partial charge in [0.05, 0.1) is 17.9 Å². The number of fused-ring (bicyclic) bond motifs is 3. The van der Waals surface area contributed by atoms with E-state index in [-0.39, 0.29) is 5.69 Å². The van der Waals surface area contributed by atoms with E-state index in [1.165, 1.54) is 12.1 Å². The van der Waals surface area contributed by atoms with Gasteiger partial charge >= 0.3 is 12.1 Å². The van der Waals surface area contributed by atoms with E-state index in [9.17, 15) is 18.0 Å². The Bertz CT molecular complexity index is 1150. The van der Waals surface area contributed by atoms with E-state index >= 15 is 0 Å². The van der Waals surface area contributed by atoms with Gasteiger partial charge in [0.2, 0.25) is 0 Å². The maximum atomic E-state index is 12.8. The third-order valence-corrected chi connectivity index (χ3v) is 5.63. The van der Waals surface area contributed by atoms with Crippen molar-refractivity contribution in [2.75, 3.05) is 11.9 Å². The lowest BCUT2D eigenvalue weighted by Gasteiger charge is -2.31. The minimum absolute atomic E-state index is 0.0571. The maximum absolute atomic E-state index is 12.8. The van der Waals surface area contributed by atoms with Crippen LogP contribution in [-0.4, -0.2) is 35.5 Å². The lowest BCUT2D eigenvalue weighted by molar-refractivity contribution is -0.167. The Labute approximate surface area is 191 Å². The summed E-state index contributed by atoms with van der Waals surface area (Å²) >= 11 is 0. The fourth-order valence-electron chi connectivity index (χ4n) is 4.49. The second kappa shape index (κ2) is 7.78. The highest BCUT2D eigenvalue weighted by Gasteiger charge is 2.40. The fraction of sp³-hybridized carbons (Fsp3) is 0.440. The molecule has 1 N–H and O–H groups in total. The zero-order valence-electron chi connectivity index (χ0n) is 19.3. The first-order valence-electron chi connectivity index (χ1n) is 10.9. The summed E-state index contributed by atoms with van der Waals surface area (Å²) in [5.74, 6) is -0.627. The first-order chi connectivity index (χ1) is 15.3. The van der Waals surface area contributed by atoms with Crippen molar-refractivity contribution in [2.24, 2.45) is 4.99 Å². The number of carbonyl (C=O) groups excluding carboxylic acids is 1. The molecule has 4 rings (SSSR count). The normalized spacial score (nSPS) is 18.0. The molecule has 0 saturated heterocycles. The van der Waals surface area contributed by atoms with Crippen molar-refractivity contribution < 1.29 is 27.4 Å². The van der Waals surface area contributed by atoms with Crippen molar-refractivity contribution in [1.82, 2.24) is 0 Å². The Kier molecular flexibility index (Phi) is 5.46. The van der Waals surface area contributed by atoms with Crippen molar-refractivity contribution in [1.29, 1.82) is 0 Å². The van der Waals surface area contributed by atoms with Gasteiger partial charge in [-0.1, -0.05) is 12.1 Å². The van der Waals surface area contributed by atoms with Crippen LogP contribution in [0.3, 0.4) is 0 Å². The number of hydrogen-bond donors (Lipinski definition) is 1. The standard InChI is InChI=1S/C25H27F3N2O3/c1-6-32-18-11-15-12-23(2,3)30-20(19(15)17-13-24(4,5)33-21(17)18)14-8-7-9-16(10-14)29-22(31)25(26,27)28/h7-11H,6,12-13H2,1-5H3,(H,29,31). The van der Waals surface area contributed by atoms with E-state index in [1.807, 2.05) is 46.0 Å². The zero-order chi connectivity index (χ0) is 24.2. The minimum atomic E-state index is -4.97. The molecule has 0 aromatic heterocycles. The summed E-state index contributed by atoms with van der Waals surface area (Å²) in [6, 6.07) is 8.34. The molecule has 0 fully saturated rings. The summed E-state index contributed by atoms with van der Waals surface area (Å²) < 4.78 is 50.4. The molecule has 0 spiro atoms. The first-order valence-corrected chi connectivity index (χ1v) is 10.9. The third-order valence-electron chi connectivity index (χ3n) is 5.63. The van der Waals surface area contributed by atoms with E-state index in [2.05, 4.69) is 0 Å². The average molecular weight is 460 g/mol. The molecule has 0 bridgehead atoms. The van der Waals surface area contributed by atoms with Crippen LogP contribution < -0.4 is 14.8 Å². The van der Waals surface area contributed by atoms with Crippen LogP contribution in [0.4, 0.5) is 18.9 Å². The van der Waals surface area contributed by atoms with E-state index in [0.29, 0.717) is 42.2 Å². The molecule has 0 aliphatic carbocycles. The van der Waals surface area contributed by atoms with Gasteiger partial charge in [-0.25, -0.2) is 0 Å². The molecule has 1 amide bonds. The molecule has 2 aromatic rings. The Morgan fingerprint density at radius 2 is 1.91 bits per heavy atom. The van der Waals surface area contributed by atoms with Crippen LogP contribution in [-0.2, 0) is 17.6 Å². The van der Waals surface area contributed by atoms with E-state index in [4.69, 9.17) is 14.5 Å². The lowest BCUT2D eigenvalue weighted by atomic mass is 9.81. The molecule has 0 saturated carbocycles. The number of halogens is 3. The van der Waals surface area contributed by atoms with Crippen LogP contribution in [0.2, 0.25) is 0 Å². The van der Waals surface area contributed by atoms with Crippen molar-refractivity contribution in [3.8, 4) is 11.5 Å². The highest BCUT2D eigenvalue weighted by atomic mass is 19.4. The summed E-state index contributed by atoms with van der Waals surface area (Å²) in [7, 11) is 0. The van der Waals surface area contributed by atoms with Crippen LogP contribution in [0.5, 0.6) is 11.5 Å². The molecule has 0 radical (unpaired) electrons. The molecular formula is C25H27F3N2O3. The number of ether oxygens (including phenoxy) is 2. The lowest BCUT2D eigenvalue weighted by Crippen LogP contribution is -2.31. The quantitative estimate of drug-likeness (QED) is 0.658. The Morgan fingerprint density at radius 1 is 1.18 bits per heavy atom. The van der Waals surface area contributed by atoms with Crippen LogP contribution in [0.1, 0.15) is 56.9 Å². The van der Waals surface area contributed by atoms with Gasteiger partial charge in [-0.2, -0.15) is 13.2 Å². The van der Waals surface area contributed by atoms with Gasteiger partial charge < -0.3 is 14.8 Å². The number of rotatable bonds is 4. The predicted octanol–water partition coefficient (Wildman–Crippen LogP) is 5.47. The van der Waals surface area contributed by atoms with Crippen LogP contribution in [0.25, 0.3) is 0 Å². The summed E-state index contributed by atoms with van der Waals surface area (Å²) in [5.41, 5.74) is 3.46. The number of aliphatic imine (C=N–C) groups is 1. The molecule has 2 aliphatic heterocycles. The zero-order valence-corrected chi connectivity index (χ0v) is 19.3. The molecule has 0 unspecified atom stereocenters. The summed E-state index contributed by atoms with van der Waals surface area (Å²) in [6.07, 6.45) is -3.63. The summed E-state index contributed by atoms with van der Waals surface area (Å²) in [4.78, 5) is 16.4. The van der Waals surface area contributed by atoms with E-state index in [0.717, 1.165) is 16.7 Å². The SMILES string of the molecule is CCOc1cc2c(c3c1OC(C)(C)C3)C(c1cccc(NC(=O)C(F)(F)F)c1)=NC(C)(C)C2. The Morgan fingerprint density at radius 3 is 2.58 bits per heavy atom. The number of carbonyl (C=O) groups is 1. The summed E-state index contributed by atoms with van der Waals surface area (Å²) in [5, 5.41) is 1.93. The number of anilines is 1. The van der Waals surface area contributed by atoms with Gasteiger partial charge in [-0.3, -0.25) is 9.79 Å². The van der Waals surface area contributed by atoms with Crippen molar-refractivity contribution in [3.05, 3.63) is 52.6 Å². The predicted molar refractivity (Wildman–Crippen MR) is 121 cm³/mol. The number of nitrogens with one attached hydrogen (secondary N) is 1. The molecule has 5 nitrogen and oxygen atoms in total. The first kappa shape index (κ1) is 23.1. The minimum Gasteiger partial charge on any atom is -0.490 e. The number of amides is 1. The number of benzene rings is 2. The van der Waals surface area contributed by atoms with Gasteiger partial charge in [-0.15, -0.1) is 0 Å². The van der Waals surface area contributed by atoms with Gasteiger partial charge in [0.1, 0.15) is 5.60 Å². The second-order valence-electron chi connectivity index (χ2n) is 9.67. The van der Waals surface area contributed by atoms with E-state index < -0.39 is 23.2 Å². The monoisotopic (exact) mass is 460 g/mol. The second-order valence-corrected chi connectivity index (χ2v) is 9.67. The number of nitrogens with zero attached hydrogens (tertiary/aromatic N) is 1. The van der Waals surface area contributed by atoms with Crippen LogP contribution in [0.15, 0.2) is 35.3 Å². The van der Waals surface area contributed by atoms with Crippen molar-refractivity contribution in [2.45, 2.75) is 64.8 Å². The van der Waals surface area contributed by atoms with Crippen molar-refractivity contribution in [3.63, 3.8) is 0 Å². The Hall–Kier alpha value is -3.03. The molecule has 2 aliphatic rings. The average Bonchev–Trinajstić information content (AvgIpc) is 3.01. The number of alkyl halides is 3. The topological polar surface area (TPSA) is 59.9 Å². The summed E-state index contributed by atoms with van der Waals surface area (Å²) in [6.45, 7) is 10.5. The molecule has 2 heterocycles. The highest BCUT2D eigenvalue weighted by Crippen LogP contribution is 2.48. The molecular weight excluding hydrogens is 433 g/mol. The molecule has 176 valence electrons. The molecule has 8 heteroatoms. The molecule has 2 aromatic carbocycles. The smallest absolute Gasteiger partial charge is 0.471 e. The number of hydrogen-bond acceptors (Lipinski definition) is 4. The van der Waals surface area contributed by atoms with Crippen LogP contribution in [0, 0.1) is 0 Å². The van der Waals surface area contributed by atoms with Crippen molar-refractivity contribution >= 4 is 17.3 Å². The third kappa shape index (κ3) is 4.56. The largest absolute Gasteiger partial charge is 0.490 e. The Balaban J connectivity index is 1.85. The van der Waals surface area contributed by atoms with E-state index in [1.54, 1.807) is 12.1 Å². The maximum Gasteiger partial charge on any atom is 0.471 e. The van der Waals surface area contributed by atoms with Crippen LogP contribution >= 0.6 is 0 Å². The molecule has 33 heavy (non-hydrogen) atoms. The molecule has 0 atom stereocenters.